The van der Waals surface area contributed by atoms with Gasteiger partial charge in [0, 0.05) is 12.6 Å². The molecule has 0 aliphatic heterocycles. The van der Waals surface area contributed by atoms with Crippen molar-refractivity contribution in [2.24, 2.45) is 5.92 Å². The Morgan fingerprint density at radius 2 is 1.85 bits per heavy atom. The molecule has 0 heterocycles. The lowest BCUT2D eigenvalue weighted by Crippen LogP contribution is -2.47. The number of rotatable bonds is 8. The summed E-state index contributed by atoms with van der Waals surface area (Å²) in [6.07, 6.45) is 5.10. The molecule has 144 valence electrons. The third-order valence-corrected chi connectivity index (χ3v) is 5.16. The van der Waals surface area contributed by atoms with Crippen molar-refractivity contribution in [3.63, 3.8) is 0 Å². The summed E-state index contributed by atoms with van der Waals surface area (Å²) in [6.45, 7) is 4.82. The molecule has 2 rings (SSSR count). The SMILES string of the molecule is CCOC(=O)CCN(C(=O)Cc1ccc(OC)cc1)C1CCCCC1C. The van der Waals surface area contributed by atoms with Gasteiger partial charge in [0.1, 0.15) is 5.75 Å². The van der Waals surface area contributed by atoms with Gasteiger partial charge in [-0.15, -0.1) is 0 Å². The van der Waals surface area contributed by atoms with Crippen LogP contribution in [0.3, 0.4) is 0 Å². The van der Waals surface area contributed by atoms with E-state index in [0.29, 0.717) is 25.5 Å². The Morgan fingerprint density at radius 1 is 1.15 bits per heavy atom. The molecule has 5 nitrogen and oxygen atoms in total. The predicted octanol–water partition coefficient (Wildman–Crippen LogP) is 3.60. The molecule has 1 saturated carbocycles. The lowest BCUT2D eigenvalue weighted by molar-refractivity contribution is -0.144. The van der Waals surface area contributed by atoms with Crippen molar-refractivity contribution in [1.29, 1.82) is 0 Å². The summed E-state index contributed by atoms with van der Waals surface area (Å²) in [6, 6.07) is 7.79. The molecule has 0 radical (unpaired) electrons. The minimum atomic E-state index is -0.238. The maximum Gasteiger partial charge on any atom is 0.307 e. The monoisotopic (exact) mass is 361 g/mol. The van der Waals surface area contributed by atoms with Gasteiger partial charge >= 0.3 is 5.97 Å². The number of methoxy groups -OCH3 is 1. The van der Waals surface area contributed by atoms with Gasteiger partial charge in [-0.05, 0) is 43.4 Å². The molecule has 1 aliphatic rings. The van der Waals surface area contributed by atoms with Crippen LogP contribution in [0.5, 0.6) is 5.75 Å². The van der Waals surface area contributed by atoms with Crippen LogP contribution in [-0.4, -0.2) is 43.1 Å². The van der Waals surface area contributed by atoms with Crippen molar-refractivity contribution in [3.8, 4) is 5.75 Å². The average Bonchev–Trinajstić information content (AvgIpc) is 2.64. The van der Waals surface area contributed by atoms with Gasteiger partial charge < -0.3 is 14.4 Å². The highest BCUT2D eigenvalue weighted by molar-refractivity contribution is 5.80. The number of carbonyl (C=O) groups is 2. The van der Waals surface area contributed by atoms with Crippen molar-refractivity contribution in [1.82, 2.24) is 4.90 Å². The first-order valence-electron chi connectivity index (χ1n) is 9.63. The minimum Gasteiger partial charge on any atom is -0.497 e. The van der Waals surface area contributed by atoms with E-state index in [-0.39, 0.29) is 24.3 Å². The van der Waals surface area contributed by atoms with E-state index in [0.717, 1.165) is 30.6 Å². The summed E-state index contributed by atoms with van der Waals surface area (Å²) in [5, 5.41) is 0. The average molecular weight is 361 g/mol. The summed E-state index contributed by atoms with van der Waals surface area (Å²) in [7, 11) is 1.63. The molecular weight excluding hydrogens is 330 g/mol. The Bertz CT molecular complexity index is 584. The quantitative estimate of drug-likeness (QED) is 0.664. The predicted molar refractivity (Wildman–Crippen MR) is 101 cm³/mol. The van der Waals surface area contributed by atoms with Crippen molar-refractivity contribution >= 4 is 11.9 Å². The second-order valence-electron chi connectivity index (χ2n) is 7.00. The Hall–Kier alpha value is -2.04. The summed E-state index contributed by atoms with van der Waals surface area (Å²) < 4.78 is 10.2. The number of ether oxygens (including phenoxy) is 2. The van der Waals surface area contributed by atoms with Gasteiger partial charge in [0.25, 0.3) is 0 Å². The molecule has 1 aromatic rings. The smallest absolute Gasteiger partial charge is 0.307 e. The van der Waals surface area contributed by atoms with Crippen molar-refractivity contribution in [2.75, 3.05) is 20.3 Å². The summed E-state index contributed by atoms with van der Waals surface area (Å²) in [4.78, 5) is 26.7. The fourth-order valence-corrected chi connectivity index (χ4v) is 3.70. The number of nitrogens with zero attached hydrogens (tertiary/aromatic N) is 1. The largest absolute Gasteiger partial charge is 0.497 e. The zero-order valence-corrected chi connectivity index (χ0v) is 16.2. The van der Waals surface area contributed by atoms with Gasteiger partial charge in [0.15, 0.2) is 0 Å². The number of amides is 1. The fraction of sp³-hybridized carbons (Fsp3) is 0.619. The van der Waals surface area contributed by atoms with Gasteiger partial charge in [0.2, 0.25) is 5.91 Å². The Kier molecular flexibility index (Phi) is 7.95. The number of benzene rings is 1. The third kappa shape index (κ3) is 5.75. The molecule has 1 fully saturated rings. The van der Waals surface area contributed by atoms with Gasteiger partial charge in [-0.2, -0.15) is 0 Å². The van der Waals surface area contributed by atoms with E-state index in [1.165, 1.54) is 6.42 Å². The molecule has 1 aromatic carbocycles. The maximum absolute atomic E-state index is 13.0. The zero-order chi connectivity index (χ0) is 18.9. The highest BCUT2D eigenvalue weighted by Crippen LogP contribution is 2.29. The minimum absolute atomic E-state index is 0.0817. The third-order valence-electron chi connectivity index (χ3n) is 5.16. The first-order valence-corrected chi connectivity index (χ1v) is 9.63. The van der Waals surface area contributed by atoms with Crippen LogP contribution in [0.1, 0.15) is 51.5 Å². The molecule has 0 spiro atoms. The van der Waals surface area contributed by atoms with E-state index in [2.05, 4.69) is 6.92 Å². The lowest BCUT2D eigenvalue weighted by atomic mass is 9.84. The van der Waals surface area contributed by atoms with Gasteiger partial charge in [-0.1, -0.05) is 31.9 Å². The fourth-order valence-electron chi connectivity index (χ4n) is 3.70. The molecule has 2 unspecified atom stereocenters. The Morgan fingerprint density at radius 3 is 2.46 bits per heavy atom. The highest BCUT2D eigenvalue weighted by Gasteiger charge is 2.30. The van der Waals surface area contributed by atoms with E-state index in [4.69, 9.17) is 9.47 Å². The first-order chi connectivity index (χ1) is 12.5. The molecule has 0 N–H and O–H groups in total. The van der Waals surface area contributed by atoms with Crippen LogP contribution in [0.2, 0.25) is 0 Å². The van der Waals surface area contributed by atoms with Crippen molar-refractivity contribution < 1.29 is 19.1 Å². The number of esters is 1. The molecule has 0 aromatic heterocycles. The molecule has 26 heavy (non-hydrogen) atoms. The van der Waals surface area contributed by atoms with Crippen LogP contribution in [0.15, 0.2) is 24.3 Å². The molecule has 0 bridgehead atoms. The normalized spacial score (nSPS) is 19.7. The standard InChI is InChI=1S/C21H31NO4/c1-4-26-21(24)13-14-22(19-8-6-5-7-16(19)2)20(23)15-17-9-11-18(25-3)12-10-17/h9-12,16,19H,4-8,13-15H2,1-3H3. The summed E-state index contributed by atoms with van der Waals surface area (Å²) in [5.41, 5.74) is 0.959. The molecule has 5 heteroatoms. The van der Waals surface area contributed by atoms with Gasteiger partial charge in [-0.25, -0.2) is 0 Å². The molecule has 0 saturated heterocycles. The second kappa shape index (κ2) is 10.2. The molecule has 1 amide bonds. The van der Waals surface area contributed by atoms with Gasteiger partial charge in [-0.3, -0.25) is 9.59 Å². The van der Waals surface area contributed by atoms with E-state index >= 15 is 0 Å². The van der Waals surface area contributed by atoms with Crippen LogP contribution < -0.4 is 4.74 Å². The van der Waals surface area contributed by atoms with Crippen LogP contribution in [-0.2, 0) is 20.7 Å². The van der Waals surface area contributed by atoms with Crippen LogP contribution >= 0.6 is 0 Å². The van der Waals surface area contributed by atoms with Crippen LogP contribution in [0, 0.1) is 5.92 Å². The number of hydrogen-bond acceptors (Lipinski definition) is 4. The Labute approximate surface area is 156 Å². The maximum atomic E-state index is 13.0. The van der Waals surface area contributed by atoms with Crippen LogP contribution in [0.25, 0.3) is 0 Å². The van der Waals surface area contributed by atoms with E-state index in [9.17, 15) is 9.59 Å². The number of hydrogen-bond donors (Lipinski definition) is 0. The van der Waals surface area contributed by atoms with Crippen LogP contribution in [0.4, 0.5) is 0 Å². The molecule has 1 aliphatic carbocycles. The zero-order valence-electron chi connectivity index (χ0n) is 16.2. The second-order valence-corrected chi connectivity index (χ2v) is 7.00. The molecule has 2 atom stereocenters. The summed E-state index contributed by atoms with van der Waals surface area (Å²) in [5.74, 6) is 1.09. The van der Waals surface area contributed by atoms with Crippen molar-refractivity contribution in [3.05, 3.63) is 29.8 Å². The lowest BCUT2D eigenvalue weighted by Gasteiger charge is -2.38. The topological polar surface area (TPSA) is 55.8 Å². The Balaban J connectivity index is 2.07. The van der Waals surface area contributed by atoms with E-state index < -0.39 is 0 Å². The first kappa shape index (κ1) is 20.3. The molecular formula is C21H31NO4. The van der Waals surface area contributed by atoms with Crippen molar-refractivity contribution in [2.45, 2.75) is 58.4 Å². The van der Waals surface area contributed by atoms with Gasteiger partial charge in [0.05, 0.1) is 26.6 Å². The number of carbonyl (C=O) groups excluding carboxylic acids is 2. The van der Waals surface area contributed by atoms with E-state index in [1.807, 2.05) is 29.2 Å². The summed E-state index contributed by atoms with van der Waals surface area (Å²) >= 11 is 0. The highest BCUT2D eigenvalue weighted by atomic mass is 16.5. The van der Waals surface area contributed by atoms with E-state index in [1.54, 1.807) is 14.0 Å².